The maximum atomic E-state index is 13.1. The van der Waals surface area contributed by atoms with Crippen LogP contribution < -0.4 is 5.32 Å². The Kier molecular flexibility index (Phi) is 4.82. The Labute approximate surface area is 156 Å². The SMILES string of the molecule is C[C@@H]1[C@@H](C)CCC[C@H]1[NH2+][C@@H]1c2ccccc2C(=O)N1Cc1ccccc1. The number of hydrogen-bond donors (Lipinski definition) is 1. The van der Waals surface area contributed by atoms with Crippen molar-refractivity contribution in [2.24, 2.45) is 11.8 Å². The van der Waals surface area contributed by atoms with E-state index in [0.29, 0.717) is 18.5 Å². The largest absolute Gasteiger partial charge is 0.320 e. The van der Waals surface area contributed by atoms with Gasteiger partial charge in [0.1, 0.15) is 0 Å². The van der Waals surface area contributed by atoms with Crippen molar-refractivity contribution in [3.63, 3.8) is 0 Å². The number of fused-ring (bicyclic) bond motifs is 1. The molecule has 0 radical (unpaired) electrons. The Morgan fingerprint density at radius 3 is 2.54 bits per heavy atom. The lowest BCUT2D eigenvalue weighted by atomic mass is 9.78. The molecule has 4 atom stereocenters. The molecule has 0 bridgehead atoms. The summed E-state index contributed by atoms with van der Waals surface area (Å²) < 4.78 is 0. The first kappa shape index (κ1) is 17.3. The molecule has 0 spiro atoms. The predicted molar refractivity (Wildman–Crippen MR) is 103 cm³/mol. The summed E-state index contributed by atoms with van der Waals surface area (Å²) in [5.41, 5.74) is 3.25. The molecule has 2 aliphatic rings. The maximum Gasteiger partial charge on any atom is 0.259 e. The highest BCUT2D eigenvalue weighted by atomic mass is 16.2. The minimum atomic E-state index is 0.0941. The fourth-order valence-electron chi connectivity index (χ4n) is 4.69. The zero-order valence-corrected chi connectivity index (χ0v) is 15.8. The van der Waals surface area contributed by atoms with Crippen molar-refractivity contribution in [3.8, 4) is 0 Å². The quantitative estimate of drug-likeness (QED) is 0.897. The van der Waals surface area contributed by atoms with Crippen molar-refractivity contribution in [2.75, 3.05) is 0 Å². The predicted octanol–water partition coefficient (Wildman–Crippen LogP) is 3.73. The molecular formula is C23H29N2O+. The molecule has 2 aromatic rings. The van der Waals surface area contributed by atoms with E-state index in [1.54, 1.807) is 0 Å². The lowest BCUT2D eigenvalue weighted by Crippen LogP contribution is -2.94. The van der Waals surface area contributed by atoms with Gasteiger partial charge < -0.3 is 5.32 Å². The Morgan fingerprint density at radius 1 is 1.00 bits per heavy atom. The van der Waals surface area contributed by atoms with E-state index in [1.807, 2.05) is 30.3 Å². The Morgan fingerprint density at radius 2 is 1.73 bits per heavy atom. The van der Waals surface area contributed by atoms with Gasteiger partial charge in [0.25, 0.3) is 5.91 Å². The minimum absolute atomic E-state index is 0.0941. The molecule has 0 aromatic heterocycles. The summed E-state index contributed by atoms with van der Waals surface area (Å²) in [6.07, 6.45) is 3.97. The number of amides is 1. The van der Waals surface area contributed by atoms with Gasteiger partial charge >= 0.3 is 0 Å². The van der Waals surface area contributed by atoms with E-state index in [4.69, 9.17) is 0 Å². The zero-order valence-electron chi connectivity index (χ0n) is 15.8. The highest BCUT2D eigenvalue weighted by Gasteiger charge is 2.42. The number of carbonyl (C=O) groups excluding carboxylic acids is 1. The molecule has 2 N–H and O–H groups in total. The number of carbonyl (C=O) groups is 1. The lowest BCUT2D eigenvalue weighted by molar-refractivity contribution is -0.751. The summed E-state index contributed by atoms with van der Waals surface area (Å²) in [5, 5.41) is 2.48. The smallest absolute Gasteiger partial charge is 0.259 e. The van der Waals surface area contributed by atoms with Crippen LogP contribution in [0.1, 0.15) is 60.8 Å². The van der Waals surface area contributed by atoms with E-state index < -0.39 is 0 Å². The van der Waals surface area contributed by atoms with Crippen molar-refractivity contribution in [3.05, 3.63) is 71.3 Å². The molecule has 1 heterocycles. The Hall–Kier alpha value is -2.13. The zero-order chi connectivity index (χ0) is 18.1. The lowest BCUT2D eigenvalue weighted by Gasteiger charge is -2.35. The van der Waals surface area contributed by atoms with E-state index in [0.717, 1.165) is 11.5 Å². The summed E-state index contributed by atoms with van der Waals surface area (Å²) in [4.78, 5) is 15.2. The van der Waals surface area contributed by atoms with Gasteiger partial charge in [-0.15, -0.1) is 0 Å². The molecule has 1 aliphatic heterocycles. The standard InChI is InChI=1S/C23H28N2O/c1-16-9-8-14-21(17(16)2)24-22-19-12-6-7-13-20(19)23(26)25(22)15-18-10-4-3-5-11-18/h3-7,10-13,16-17,21-22,24H,8-9,14-15H2,1-2H3/p+1/t16-,17+,21+,22-/m0/s1. The van der Waals surface area contributed by atoms with E-state index >= 15 is 0 Å². The van der Waals surface area contributed by atoms with Gasteiger partial charge in [0.2, 0.25) is 0 Å². The van der Waals surface area contributed by atoms with Gasteiger partial charge in [0, 0.05) is 11.5 Å². The van der Waals surface area contributed by atoms with Gasteiger partial charge in [0.15, 0.2) is 6.17 Å². The summed E-state index contributed by atoms with van der Waals surface area (Å²) in [6, 6.07) is 19.1. The Balaban J connectivity index is 1.62. The van der Waals surface area contributed by atoms with Crippen LogP contribution in [0.15, 0.2) is 54.6 Å². The monoisotopic (exact) mass is 349 g/mol. The highest BCUT2D eigenvalue weighted by molar-refractivity contribution is 5.98. The van der Waals surface area contributed by atoms with Crippen LogP contribution in [0.25, 0.3) is 0 Å². The molecule has 4 rings (SSSR count). The molecular weight excluding hydrogens is 320 g/mol. The van der Waals surface area contributed by atoms with E-state index in [2.05, 4.69) is 48.3 Å². The summed E-state index contributed by atoms with van der Waals surface area (Å²) >= 11 is 0. The van der Waals surface area contributed by atoms with Crippen molar-refractivity contribution in [1.29, 1.82) is 0 Å². The molecule has 136 valence electrons. The van der Waals surface area contributed by atoms with Crippen LogP contribution in [0.5, 0.6) is 0 Å². The first-order valence-electron chi connectivity index (χ1n) is 9.94. The molecule has 0 saturated heterocycles. The van der Waals surface area contributed by atoms with Gasteiger partial charge in [-0.05, 0) is 36.8 Å². The van der Waals surface area contributed by atoms with Crippen molar-refractivity contribution >= 4 is 5.91 Å². The summed E-state index contributed by atoms with van der Waals surface area (Å²) in [6.45, 7) is 5.43. The normalized spacial score (nSPS) is 28.2. The second-order valence-corrected chi connectivity index (χ2v) is 8.07. The average molecular weight is 349 g/mol. The van der Waals surface area contributed by atoms with Crippen LogP contribution in [0.4, 0.5) is 0 Å². The second kappa shape index (κ2) is 7.24. The number of benzene rings is 2. The fraction of sp³-hybridized carbons (Fsp3) is 0.435. The molecule has 1 saturated carbocycles. The molecule has 1 aliphatic carbocycles. The average Bonchev–Trinajstić information content (AvgIpc) is 2.92. The van der Waals surface area contributed by atoms with E-state index in [1.165, 1.54) is 30.4 Å². The molecule has 3 nitrogen and oxygen atoms in total. The first-order chi connectivity index (χ1) is 12.6. The van der Waals surface area contributed by atoms with Crippen LogP contribution in [0.2, 0.25) is 0 Å². The van der Waals surface area contributed by atoms with Gasteiger partial charge in [-0.3, -0.25) is 9.69 Å². The topological polar surface area (TPSA) is 36.9 Å². The second-order valence-electron chi connectivity index (χ2n) is 8.07. The molecule has 2 aromatic carbocycles. The number of nitrogens with two attached hydrogens (primary N) is 1. The molecule has 1 amide bonds. The van der Waals surface area contributed by atoms with Gasteiger partial charge in [-0.25, -0.2) is 0 Å². The van der Waals surface area contributed by atoms with Gasteiger partial charge in [-0.2, -0.15) is 0 Å². The van der Waals surface area contributed by atoms with E-state index in [9.17, 15) is 4.79 Å². The first-order valence-corrected chi connectivity index (χ1v) is 9.94. The maximum absolute atomic E-state index is 13.1. The van der Waals surface area contributed by atoms with Crippen molar-refractivity contribution in [1.82, 2.24) is 4.90 Å². The number of rotatable bonds is 4. The third kappa shape index (κ3) is 3.16. The van der Waals surface area contributed by atoms with E-state index in [-0.39, 0.29) is 12.1 Å². The van der Waals surface area contributed by atoms with Crippen LogP contribution in [0, 0.1) is 11.8 Å². The molecule has 3 heteroatoms. The summed E-state index contributed by atoms with van der Waals surface area (Å²) in [5.74, 6) is 1.62. The third-order valence-electron chi connectivity index (χ3n) is 6.50. The van der Waals surface area contributed by atoms with Crippen LogP contribution in [-0.4, -0.2) is 16.8 Å². The fourth-order valence-corrected chi connectivity index (χ4v) is 4.69. The van der Waals surface area contributed by atoms with Crippen LogP contribution in [0.3, 0.4) is 0 Å². The van der Waals surface area contributed by atoms with Gasteiger partial charge in [-0.1, -0.05) is 62.4 Å². The molecule has 1 fully saturated rings. The summed E-state index contributed by atoms with van der Waals surface area (Å²) in [7, 11) is 0. The number of nitrogens with zero attached hydrogens (tertiary/aromatic N) is 1. The molecule has 26 heavy (non-hydrogen) atoms. The molecule has 0 unspecified atom stereocenters. The van der Waals surface area contributed by atoms with Gasteiger partial charge in [0.05, 0.1) is 18.2 Å². The minimum Gasteiger partial charge on any atom is -0.320 e. The highest BCUT2D eigenvalue weighted by Crippen LogP contribution is 2.33. The van der Waals surface area contributed by atoms with Crippen molar-refractivity contribution < 1.29 is 10.1 Å². The number of quaternary nitrogens is 1. The van der Waals surface area contributed by atoms with Crippen LogP contribution in [-0.2, 0) is 6.54 Å². The van der Waals surface area contributed by atoms with Crippen molar-refractivity contribution in [2.45, 2.75) is 51.9 Å². The number of hydrogen-bond acceptors (Lipinski definition) is 1. The Bertz CT molecular complexity index is 773. The third-order valence-corrected chi connectivity index (χ3v) is 6.50. The van der Waals surface area contributed by atoms with Crippen LogP contribution >= 0.6 is 0 Å².